The van der Waals surface area contributed by atoms with Gasteiger partial charge in [-0.05, 0) is 29.7 Å². The molecular formula is C18H24N4O2. The van der Waals surface area contributed by atoms with Gasteiger partial charge in [0.2, 0.25) is 5.91 Å². The van der Waals surface area contributed by atoms with Crippen LogP contribution in [0.1, 0.15) is 23.8 Å². The third kappa shape index (κ3) is 5.46. The number of nitrogens with zero attached hydrogens (tertiary/aromatic N) is 1. The molecule has 6 heteroatoms. The van der Waals surface area contributed by atoms with E-state index in [1.807, 2.05) is 18.2 Å². The van der Waals surface area contributed by atoms with Crippen molar-refractivity contribution in [3.63, 3.8) is 0 Å². The molecule has 1 aromatic carbocycles. The van der Waals surface area contributed by atoms with Gasteiger partial charge in [0.1, 0.15) is 5.76 Å². The Morgan fingerprint density at radius 3 is 2.50 bits per heavy atom. The van der Waals surface area contributed by atoms with Gasteiger partial charge in [0, 0.05) is 13.6 Å². The van der Waals surface area contributed by atoms with E-state index in [2.05, 4.69) is 40.0 Å². The molecule has 0 atom stereocenters. The van der Waals surface area contributed by atoms with Crippen LogP contribution >= 0.6 is 0 Å². The minimum absolute atomic E-state index is 0.122. The summed E-state index contributed by atoms with van der Waals surface area (Å²) in [5, 5.41) is 9.01. The number of hydrogen-bond acceptors (Lipinski definition) is 3. The van der Waals surface area contributed by atoms with Crippen LogP contribution in [0, 0.1) is 0 Å². The SMILES string of the molecule is CCc1ccccc1CNC(=NC)NCC(=O)NCc1ccco1. The highest BCUT2D eigenvalue weighted by Gasteiger charge is 2.05. The molecule has 0 radical (unpaired) electrons. The van der Waals surface area contributed by atoms with Gasteiger partial charge in [-0.2, -0.15) is 0 Å². The van der Waals surface area contributed by atoms with E-state index in [1.54, 1.807) is 19.4 Å². The molecule has 0 saturated heterocycles. The Morgan fingerprint density at radius 2 is 1.83 bits per heavy atom. The van der Waals surface area contributed by atoms with E-state index in [4.69, 9.17) is 4.42 Å². The van der Waals surface area contributed by atoms with Crippen LogP contribution < -0.4 is 16.0 Å². The standard InChI is InChI=1S/C18H24N4O2/c1-3-14-7-4-5-8-15(14)11-21-18(19-2)22-13-17(23)20-12-16-9-6-10-24-16/h4-10H,3,11-13H2,1-2H3,(H,20,23)(H2,19,21,22). The van der Waals surface area contributed by atoms with E-state index in [1.165, 1.54) is 11.1 Å². The fourth-order valence-electron chi connectivity index (χ4n) is 2.30. The van der Waals surface area contributed by atoms with Crippen molar-refractivity contribution in [1.29, 1.82) is 0 Å². The van der Waals surface area contributed by atoms with E-state index in [0.717, 1.165) is 12.2 Å². The first kappa shape index (κ1) is 17.6. The molecule has 128 valence electrons. The third-order valence-electron chi connectivity index (χ3n) is 3.63. The average molecular weight is 328 g/mol. The van der Waals surface area contributed by atoms with Crippen LogP contribution in [0.4, 0.5) is 0 Å². The van der Waals surface area contributed by atoms with Gasteiger partial charge < -0.3 is 20.4 Å². The number of benzene rings is 1. The van der Waals surface area contributed by atoms with Crippen LogP contribution in [0.3, 0.4) is 0 Å². The van der Waals surface area contributed by atoms with Gasteiger partial charge in [0.05, 0.1) is 19.4 Å². The summed E-state index contributed by atoms with van der Waals surface area (Å²) in [5.74, 6) is 1.19. The second kappa shape index (κ2) is 9.39. The van der Waals surface area contributed by atoms with Crippen molar-refractivity contribution < 1.29 is 9.21 Å². The highest BCUT2D eigenvalue weighted by atomic mass is 16.3. The van der Waals surface area contributed by atoms with Crippen molar-refractivity contribution in [1.82, 2.24) is 16.0 Å². The second-order valence-corrected chi connectivity index (χ2v) is 5.26. The Labute approximate surface area is 142 Å². The lowest BCUT2D eigenvalue weighted by Crippen LogP contribution is -2.42. The van der Waals surface area contributed by atoms with Gasteiger partial charge >= 0.3 is 0 Å². The number of carbonyl (C=O) groups is 1. The number of hydrogen-bond donors (Lipinski definition) is 3. The molecule has 0 spiro atoms. The van der Waals surface area contributed by atoms with E-state index in [0.29, 0.717) is 19.0 Å². The maximum atomic E-state index is 11.8. The fourth-order valence-corrected chi connectivity index (χ4v) is 2.30. The lowest BCUT2D eigenvalue weighted by atomic mass is 10.1. The molecule has 1 aromatic heterocycles. The number of furan rings is 1. The summed E-state index contributed by atoms with van der Waals surface area (Å²) in [5.41, 5.74) is 2.53. The number of carbonyl (C=O) groups excluding carboxylic acids is 1. The Morgan fingerprint density at radius 1 is 1.04 bits per heavy atom. The van der Waals surface area contributed by atoms with Crippen LogP contribution in [-0.2, 0) is 24.3 Å². The van der Waals surface area contributed by atoms with Gasteiger partial charge in [-0.15, -0.1) is 0 Å². The Kier molecular flexibility index (Phi) is 6.89. The predicted octanol–water partition coefficient (Wildman–Crippen LogP) is 1.82. The van der Waals surface area contributed by atoms with Crippen molar-refractivity contribution in [3.05, 3.63) is 59.5 Å². The molecule has 2 rings (SSSR count). The highest BCUT2D eigenvalue weighted by molar-refractivity contribution is 5.86. The number of aliphatic imine (C=N–C) groups is 1. The summed E-state index contributed by atoms with van der Waals surface area (Å²) >= 11 is 0. The van der Waals surface area contributed by atoms with Crippen molar-refractivity contribution in [3.8, 4) is 0 Å². The molecule has 0 aliphatic rings. The molecule has 6 nitrogen and oxygen atoms in total. The van der Waals surface area contributed by atoms with E-state index in [-0.39, 0.29) is 12.5 Å². The lowest BCUT2D eigenvalue weighted by molar-refractivity contribution is -0.120. The first-order valence-electron chi connectivity index (χ1n) is 8.03. The van der Waals surface area contributed by atoms with Crippen LogP contribution in [0.5, 0.6) is 0 Å². The zero-order valence-electron chi connectivity index (χ0n) is 14.1. The number of guanidine groups is 1. The summed E-state index contributed by atoms with van der Waals surface area (Å²) in [7, 11) is 1.68. The summed E-state index contributed by atoms with van der Waals surface area (Å²) in [6.07, 6.45) is 2.57. The number of rotatable bonds is 7. The third-order valence-corrected chi connectivity index (χ3v) is 3.63. The number of aryl methyl sites for hydroxylation is 1. The summed E-state index contributed by atoms with van der Waals surface area (Å²) in [4.78, 5) is 16.0. The average Bonchev–Trinajstić information content (AvgIpc) is 3.14. The maximum absolute atomic E-state index is 11.8. The monoisotopic (exact) mass is 328 g/mol. The summed E-state index contributed by atoms with van der Waals surface area (Å²) in [6.45, 7) is 3.33. The Bertz CT molecular complexity index is 665. The predicted molar refractivity (Wildman–Crippen MR) is 94.6 cm³/mol. The molecule has 1 amide bonds. The highest BCUT2D eigenvalue weighted by Crippen LogP contribution is 2.08. The van der Waals surface area contributed by atoms with Crippen molar-refractivity contribution in [2.45, 2.75) is 26.4 Å². The number of amides is 1. The van der Waals surface area contributed by atoms with Crippen LogP contribution in [0.2, 0.25) is 0 Å². The summed E-state index contributed by atoms with van der Waals surface area (Å²) < 4.78 is 5.17. The second-order valence-electron chi connectivity index (χ2n) is 5.26. The minimum Gasteiger partial charge on any atom is -0.467 e. The zero-order chi connectivity index (χ0) is 17.2. The van der Waals surface area contributed by atoms with E-state index < -0.39 is 0 Å². The van der Waals surface area contributed by atoms with Crippen molar-refractivity contribution in [2.24, 2.45) is 4.99 Å². The van der Waals surface area contributed by atoms with Crippen molar-refractivity contribution >= 4 is 11.9 Å². The van der Waals surface area contributed by atoms with Crippen LogP contribution in [0.25, 0.3) is 0 Å². The maximum Gasteiger partial charge on any atom is 0.239 e. The quantitative estimate of drug-likeness (QED) is 0.535. The molecule has 0 unspecified atom stereocenters. The van der Waals surface area contributed by atoms with E-state index >= 15 is 0 Å². The van der Waals surface area contributed by atoms with Crippen LogP contribution in [-0.4, -0.2) is 25.5 Å². The van der Waals surface area contributed by atoms with Gasteiger partial charge in [-0.3, -0.25) is 9.79 Å². The molecule has 2 aromatic rings. The molecule has 0 saturated carbocycles. The minimum atomic E-state index is -0.122. The largest absolute Gasteiger partial charge is 0.467 e. The topological polar surface area (TPSA) is 78.7 Å². The molecular weight excluding hydrogens is 304 g/mol. The molecule has 0 aliphatic heterocycles. The normalized spacial score (nSPS) is 11.2. The molecule has 24 heavy (non-hydrogen) atoms. The Balaban J connectivity index is 1.74. The van der Waals surface area contributed by atoms with Gasteiger partial charge in [0.25, 0.3) is 0 Å². The fraction of sp³-hybridized carbons (Fsp3) is 0.333. The van der Waals surface area contributed by atoms with E-state index in [9.17, 15) is 4.79 Å². The lowest BCUT2D eigenvalue weighted by Gasteiger charge is -2.13. The van der Waals surface area contributed by atoms with Gasteiger partial charge in [-0.25, -0.2) is 0 Å². The molecule has 1 heterocycles. The van der Waals surface area contributed by atoms with Crippen molar-refractivity contribution in [2.75, 3.05) is 13.6 Å². The summed E-state index contributed by atoms with van der Waals surface area (Å²) in [6, 6.07) is 11.9. The van der Waals surface area contributed by atoms with Gasteiger partial charge in [0.15, 0.2) is 5.96 Å². The smallest absolute Gasteiger partial charge is 0.239 e. The zero-order valence-corrected chi connectivity index (χ0v) is 14.1. The first-order valence-corrected chi connectivity index (χ1v) is 8.03. The molecule has 3 N–H and O–H groups in total. The Hall–Kier alpha value is -2.76. The molecule has 0 aliphatic carbocycles. The molecule has 0 bridgehead atoms. The number of nitrogens with one attached hydrogen (secondary N) is 3. The molecule has 0 fully saturated rings. The first-order chi connectivity index (χ1) is 11.7. The van der Waals surface area contributed by atoms with Crippen LogP contribution in [0.15, 0.2) is 52.1 Å². The van der Waals surface area contributed by atoms with Gasteiger partial charge in [-0.1, -0.05) is 31.2 Å².